The Kier molecular flexibility index (Phi) is 8.77. The molecule has 0 spiro atoms. The van der Waals surface area contributed by atoms with Crippen LogP contribution in [0.25, 0.3) is 0 Å². The van der Waals surface area contributed by atoms with Gasteiger partial charge < -0.3 is 20.1 Å². The van der Waals surface area contributed by atoms with E-state index in [1.54, 1.807) is 0 Å². The fraction of sp³-hybridized carbons (Fsp3) is 0.562. The summed E-state index contributed by atoms with van der Waals surface area (Å²) in [5.41, 5.74) is 5.15. The van der Waals surface area contributed by atoms with E-state index in [-0.39, 0.29) is 36.3 Å². The zero-order chi connectivity index (χ0) is 17.6. The Hall–Kier alpha value is -1.23. The van der Waals surface area contributed by atoms with Gasteiger partial charge in [-0.25, -0.2) is 4.99 Å². The van der Waals surface area contributed by atoms with E-state index in [0.29, 0.717) is 38.7 Å². The average Bonchev–Trinajstić information content (AvgIpc) is 2.58. The molecule has 0 amide bonds. The lowest BCUT2D eigenvalue weighted by molar-refractivity contribution is -0.139. The SMILES string of the molecule is CCC(CN=C(N)N1CCOCC1)Oc1ccccc1C(F)(F)F.I. The van der Waals surface area contributed by atoms with E-state index < -0.39 is 17.8 Å². The van der Waals surface area contributed by atoms with Crippen molar-refractivity contribution in [3.63, 3.8) is 0 Å². The fourth-order valence-corrected chi connectivity index (χ4v) is 2.32. The van der Waals surface area contributed by atoms with Crippen molar-refractivity contribution in [3.8, 4) is 5.75 Å². The number of rotatable bonds is 5. The molecule has 2 N–H and O–H groups in total. The van der Waals surface area contributed by atoms with Gasteiger partial charge >= 0.3 is 6.18 Å². The van der Waals surface area contributed by atoms with E-state index in [4.69, 9.17) is 15.2 Å². The first kappa shape index (κ1) is 21.8. The molecule has 1 heterocycles. The molecular formula is C16H23F3IN3O2. The van der Waals surface area contributed by atoms with E-state index in [9.17, 15) is 13.2 Å². The monoisotopic (exact) mass is 473 g/mol. The first-order valence-electron chi connectivity index (χ1n) is 7.87. The number of ether oxygens (including phenoxy) is 2. The van der Waals surface area contributed by atoms with Crippen molar-refractivity contribution >= 4 is 29.9 Å². The molecule has 25 heavy (non-hydrogen) atoms. The minimum absolute atomic E-state index is 0. The number of halogens is 4. The molecule has 9 heteroatoms. The molecule has 1 aliphatic rings. The maximum Gasteiger partial charge on any atom is 0.419 e. The molecule has 0 bridgehead atoms. The number of para-hydroxylation sites is 1. The Balaban J connectivity index is 0.00000312. The first-order valence-corrected chi connectivity index (χ1v) is 7.87. The Bertz CT molecular complexity index is 564. The highest BCUT2D eigenvalue weighted by Gasteiger charge is 2.34. The van der Waals surface area contributed by atoms with Crippen LogP contribution in [-0.2, 0) is 10.9 Å². The molecule has 2 rings (SSSR count). The zero-order valence-electron chi connectivity index (χ0n) is 14.0. The molecule has 1 unspecified atom stereocenters. The molecule has 1 fully saturated rings. The summed E-state index contributed by atoms with van der Waals surface area (Å²) in [5.74, 6) is 0.182. The third-order valence-electron chi connectivity index (χ3n) is 3.73. The van der Waals surface area contributed by atoms with E-state index >= 15 is 0 Å². The summed E-state index contributed by atoms with van der Waals surface area (Å²) in [6.45, 7) is 4.52. The van der Waals surface area contributed by atoms with Crippen molar-refractivity contribution < 1.29 is 22.6 Å². The number of alkyl halides is 3. The quantitative estimate of drug-likeness (QED) is 0.406. The van der Waals surface area contributed by atoms with Crippen LogP contribution in [0, 0.1) is 0 Å². The summed E-state index contributed by atoms with van der Waals surface area (Å²) >= 11 is 0. The van der Waals surface area contributed by atoms with Crippen LogP contribution in [0.2, 0.25) is 0 Å². The number of nitrogens with zero attached hydrogens (tertiary/aromatic N) is 2. The first-order chi connectivity index (χ1) is 11.4. The van der Waals surface area contributed by atoms with Gasteiger partial charge in [0, 0.05) is 13.1 Å². The van der Waals surface area contributed by atoms with Crippen LogP contribution in [0.3, 0.4) is 0 Å². The minimum Gasteiger partial charge on any atom is -0.488 e. The molecule has 0 aliphatic carbocycles. The largest absolute Gasteiger partial charge is 0.488 e. The van der Waals surface area contributed by atoms with Crippen LogP contribution in [0.15, 0.2) is 29.3 Å². The van der Waals surface area contributed by atoms with Crippen molar-refractivity contribution in [1.82, 2.24) is 4.90 Å². The predicted octanol–water partition coefficient (Wildman–Crippen LogP) is 3.13. The molecule has 0 saturated carbocycles. The van der Waals surface area contributed by atoms with Gasteiger partial charge in [0.05, 0.1) is 25.3 Å². The van der Waals surface area contributed by atoms with Gasteiger partial charge in [0.15, 0.2) is 5.96 Å². The number of benzene rings is 1. The van der Waals surface area contributed by atoms with Crippen LogP contribution >= 0.6 is 24.0 Å². The second-order valence-electron chi connectivity index (χ2n) is 5.44. The summed E-state index contributed by atoms with van der Waals surface area (Å²) in [4.78, 5) is 6.15. The highest BCUT2D eigenvalue weighted by molar-refractivity contribution is 14.0. The van der Waals surface area contributed by atoms with Crippen molar-refractivity contribution in [3.05, 3.63) is 29.8 Å². The van der Waals surface area contributed by atoms with Gasteiger partial charge in [-0.15, -0.1) is 24.0 Å². The maximum absolute atomic E-state index is 13.0. The van der Waals surface area contributed by atoms with Crippen LogP contribution in [0.4, 0.5) is 13.2 Å². The van der Waals surface area contributed by atoms with Crippen LogP contribution in [0.1, 0.15) is 18.9 Å². The van der Waals surface area contributed by atoms with E-state index in [1.165, 1.54) is 18.2 Å². The predicted molar refractivity (Wildman–Crippen MR) is 100 cm³/mol. The lowest BCUT2D eigenvalue weighted by Crippen LogP contribution is -2.45. The Labute approximate surface area is 162 Å². The molecule has 1 aromatic rings. The third-order valence-corrected chi connectivity index (χ3v) is 3.73. The summed E-state index contributed by atoms with van der Waals surface area (Å²) in [6.07, 6.45) is -4.41. The fourth-order valence-electron chi connectivity index (χ4n) is 2.32. The van der Waals surface area contributed by atoms with Gasteiger partial charge in [0.2, 0.25) is 0 Å². The Morgan fingerprint density at radius 1 is 1.32 bits per heavy atom. The van der Waals surface area contributed by atoms with Gasteiger partial charge in [0.25, 0.3) is 0 Å². The lowest BCUT2D eigenvalue weighted by atomic mass is 10.2. The van der Waals surface area contributed by atoms with Crippen molar-refractivity contribution in [2.24, 2.45) is 10.7 Å². The van der Waals surface area contributed by atoms with Gasteiger partial charge in [0.1, 0.15) is 11.9 Å². The smallest absolute Gasteiger partial charge is 0.419 e. The zero-order valence-corrected chi connectivity index (χ0v) is 16.3. The number of hydrogen-bond donors (Lipinski definition) is 1. The molecule has 0 aromatic heterocycles. The van der Waals surface area contributed by atoms with Crippen molar-refractivity contribution in [2.75, 3.05) is 32.8 Å². The minimum atomic E-state index is -4.45. The summed E-state index contributed by atoms with van der Waals surface area (Å²) in [5, 5.41) is 0. The molecule has 1 aromatic carbocycles. The van der Waals surface area contributed by atoms with Crippen molar-refractivity contribution in [1.29, 1.82) is 0 Å². The number of morpholine rings is 1. The lowest BCUT2D eigenvalue weighted by Gasteiger charge is -2.28. The second kappa shape index (κ2) is 10.0. The number of aliphatic imine (C=N–C) groups is 1. The normalized spacial score (nSPS) is 17.0. The third kappa shape index (κ3) is 6.53. The molecule has 1 aliphatic heterocycles. The Morgan fingerprint density at radius 3 is 2.56 bits per heavy atom. The van der Waals surface area contributed by atoms with E-state index in [2.05, 4.69) is 4.99 Å². The molecule has 0 radical (unpaired) electrons. The second-order valence-corrected chi connectivity index (χ2v) is 5.44. The molecule has 5 nitrogen and oxygen atoms in total. The van der Waals surface area contributed by atoms with Crippen LogP contribution in [0.5, 0.6) is 5.75 Å². The molecule has 1 saturated heterocycles. The molecular weight excluding hydrogens is 450 g/mol. The molecule has 1 atom stereocenters. The van der Waals surface area contributed by atoms with Gasteiger partial charge in [-0.05, 0) is 18.6 Å². The highest BCUT2D eigenvalue weighted by atomic mass is 127. The van der Waals surface area contributed by atoms with Gasteiger partial charge in [-0.2, -0.15) is 13.2 Å². The summed E-state index contributed by atoms with van der Waals surface area (Å²) in [7, 11) is 0. The molecule has 142 valence electrons. The van der Waals surface area contributed by atoms with Crippen LogP contribution in [-0.4, -0.2) is 49.8 Å². The number of guanidine groups is 1. The van der Waals surface area contributed by atoms with Crippen molar-refractivity contribution in [2.45, 2.75) is 25.6 Å². The Morgan fingerprint density at radius 2 is 1.96 bits per heavy atom. The van der Waals surface area contributed by atoms with Crippen LogP contribution < -0.4 is 10.5 Å². The topological polar surface area (TPSA) is 60.1 Å². The van der Waals surface area contributed by atoms with Gasteiger partial charge in [-0.3, -0.25) is 0 Å². The standard InChI is InChI=1S/C16H22F3N3O2.HI/c1-2-12(11-21-15(20)22-7-9-23-10-8-22)24-14-6-4-3-5-13(14)16(17,18)19;/h3-6,12H,2,7-11H2,1H3,(H2,20,21);1H. The summed E-state index contributed by atoms with van der Waals surface area (Å²) < 4.78 is 49.8. The summed E-state index contributed by atoms with van der Waals surface area (Å²) in [6, 6.07) is 5.18. The maximum atomic E-state index is 13.0. The van der Waals surface area contributed by atoms with E-state index in [0.717, 1.165) is 6.07 Å². The number of hydrogen-bond acceptors (Lipinski definition) is 3. The van der Waals surface area contributed by atoms with E-state index in [1.807, 2.05) is 11.8 Å². The average molecular weight is 473 g/mol. The van der Waals surface area contributed by atoms with Gasteiger partial charge in [-0.1, -0.05) is 19.1 Å². The number of nitrogens with two attached hydrogens (primary N) is 1. The highest BCUT2D eigenvalue weighted by Crippen LogP contribution is 2.36.